The molecule has 0 aromatic carbocycles. The predicted molar refractivity (Wildman–Crippen MR) is 159 cm³/mol. The smallest absolute Gasteiger partial charge is 0.337 e. The lowest BCUT2D eigenvalue weighted by molar-refractivity contribution is -0.171. The SMILES string of the molecule is CC(C)(C)C(=O)OCOC(=O)C1=C(/C=C2\CCC(C=O)C2=O)CSC2C(NC(=O)C(=NC=O)C3CCC(N)SC3)C(=O)C12. The van der Waals surface area contributed by atoms with Crippen molar-refractivity contribution in [2.75, 3.05) is 18.3 Å². The van der Waals surface area contributed by atoms with E-state index in [4.69, 9.17) is 15.2 Å². The van der Waals surface area contributed by atoms with Crippen LogP contribution in [0.1, 0.15) is 46.5 Å². The van der Waals surface area contributed by atoms with Crippen LogP contribution in [-0.4, -0.2) is 82.8 Å². The Morgan fingerprint density at radius 2 is 1.84 bits per heavy atom. The Kier molecular flexibility index (Phi) is 10.4. The zero-order valence-corrected chi connectivity index (χ0v) is 25.8. The van der Waals surface area contributed by atoms with Crippen molar-refractivity contribution in [2.45, 2.75) is 63.1 Å². The zero-order valence-electron chi connectivity index (χ0n) is 24.2. The summed E-state index contributed by atoms with van der Waals surface area (Å²) in [6.07, 6.45) is 4.40. The second-order valence-corrected chi connectivity index (χ2v) is 14.3. The highest BCUT2D eigenvalue weighted by Gasteiger charge is 2.57. The molecule has 2 saturated carbocycles. The Balaban J connectivity index is 1.55. The van der Waals surface area contributed by atoms with Gasteiger partial charge in [-0.3, -0.25) is 24.0 Å². The topological polar surface area (TPSA) is 188 Å². The molecule has 1 saturated heterocycles. The van der Waals surface area contributed by atoms with Crippen LogP contribution in [0.3, 0.4) is 0 Å². The molecule has 2 aliphatic heterocycles. The van der Waals surface area contributed by atoms with Gasteiger partial charge >= 0.3 is 11.9 Å². The number of esters is 2. The summed E-state index contributed by atoms with van der Waals surface area (Å²) in [5.74, 6) is -4.09. The van der Waals surface area contributed by atoms with Crippen LogP contribution in [0, 0.1) is 23.2 Å². The van der Waals surface area contributed by atoms with Gasteiger partial charge in [0.25, 0.3) is 5.91 Å². The van der Waals surface area contributed by atoms with E-state index >= 15 is 0 Å². The van der Waals surface area contributed by atoms with E-state index in [-0.39, 0.29) is 34.1 Å². The molecule has 2 heterocycles. The van der Waals surface area contributed by atoms with Crippen LogP contribution in [0.4, 0.5) is 0 Å². The fraction of sp³-hybridized carbons (Fsp3) is 0.586. The molecule has 2 aliphatic carbocycles. The number of amides is 2. The molecule has 3 N–H and O–H groups in total. The van der Waals surface area contributed by atoms with Gasteiger partial charge in [0.15, 0.2) is 11.6 Å². The van der Waals surface area contributed by atoms with Crippen molar-refractivity contribution in [2.24, 2.45) is 33.9 Å². The summed E-state index contributed by atoms with van der Waals surface area (Å²) in [5.41, 5.74) is 5.97. The molecular weight excluding hydrogens is 598 g/mol. The number of aliphatic imine (C=N–C) groups is 1. The molecule has 14 heteroatoms. The van der Waals surface area contributed by atoms with Crippen LogP contribution in [0.15, 0.2) is 27.8 Å². The maximum atomic E-state index is 13.5. The first-order valence-corrected chi connectivity index (χ1v) is 16.1. The third-order valence-electron chi connectivity index (χ3n) is 7.87. The van der Waals surface area contributed by atoms with Crippen molar-refractivity contribution in [3.8, 4) is 0 Å². The van der Waals surface area contributed by atoms with Crippen molar-refractivity contribution >= 4 is 71.3 Å². The number of fused-ring (bicyclic) bond motifs is 1. The van der Waals surface area contributed by atoms with Crippen LogP contribution >= 0.6 is 23.5 Å². The van der Waals surface area contributed by atoms with Gasteiger partial charge in [-0.2, -0.15) is 11.8 Å². The van der Waals surface area contributed by atoms with Crippen LogP contribution in [0.2, 0.25) is 0 Å². The average molecular weight is 634 g/mol. The Hall–Kier alpha value is -3.10. The summed E-state index contributed by atoms with van der Waals surface area (Å²) in [7, 11) is 0. The van der Waals surface area contributed by atoms with Crippen molar-refractivity contribution in [3.63, 3.8) is 0 Å². The number of ether oxygens (including phenoxy) is 2. The minimum atomic E-state index is -0.949. The Bertz CT molecular complexity index is 1310. The van der Waals surface area contributed by atoms with Gasteiger partial charge < -0.3 is 25.3 Å². The number of allylic oxidation sites excluding steroid dienone is 2. The number of nitrogens with one attached hydrogen (secondary N) is 1. The van der Waals surface area contributed by atoms with E-state index < -0.39 is 59.0 Å². The highest BCUT2D eigenvalue weighted by Crippen LogP contribution is 2.47. The van der Waals surface area contributed by atoms with Crippen molar-refractivity contribution in [1.82, 2.24) is 5.32 Å². The number of nitrogens with two attached hydrogens (primary N) is 1. The zero-order chi connectivity index (χ0) is 31.5. The number of carbonyl (C=O) groups excluding carboxylic acids is 7. The van der Waals surface area contributed by atoms with Crippen molar-refractivity contribution in [3.05, 3.63) is 22.8 Å². The third kappa shape index (κ3) is 7.18. The lowest BCUT2D eigenvalue weighted by atomic mass is 9.71. The molecule has 0 bridgehead atoms. The van der Waals surface area contributed by atoms with E-state index in [9.17, 15) is 33.6 Å². The van der Waals surface area contributed by atoms with Crippen molar-refractivity contribution in [1.29, 1.82) is 0 Å². The van der Waals surface area contributed by atoms with Gasteiger partial charge in [0.1, 0.15) is 18.0 Å². The van der Waals surface area contributed by atoms with Crippen molar-refractivity contribution < 1.29 is 43.0 Å². The van der Waals surface area contributed by atoms with E-state index in [2.05, 4.69) is 10.3 Å². The van der Waals surface area contributed by atoms with E-state index in [1.165, 1.54) is 23.5 Å². The third-order valence-corrected chi connectivity index (χ3v) is 10.5. The maximum absolute atomic E-state index is 13.5. The summed E-state index contributed by atoms with van der Waals surface area (Å²) in [6.45, 7) is 4.27. The fourth-order valence-electron chi connectivity index (χ4n) is 5.41. The molecule has 0 aromatic rings. The minimum Gasteiger partial charge on any atom is -0.427 e. The van der Waals surface area contributed by atoms with E-state index in [1.54, 1.807) is 26.8 Å². The average Bonchev–Trinajstić information content (AvgIpc) is 3.32. The molecule has 6 atom stereocenters. The van der Waals surface area contributed by atoms with Gasteiger partial charge in [-0.25, -0.2) is 9.79 Å². The number of ketones is 2. The molecule has 6 unspecified atom stereocenters. The molecule has 2 amide bonds. The second-order valence-electron chi connectivity index (χ2n) is 11.9. The number of Topliss-reactive ketones (excluding diaryl/α,β-unsaturated/α-hetero) is 2. The summed E-state index contributed by atoms with van der Waals surface area (Å²) in [6, 6.07) is -0.943. The molecule has 232 valence electrons. The molecule has 12 nitrogen and oxygen atoms in total. The minimum absolute atomic E-state index is 0.0281. The number of rotatable bonds is 9. The first kappa shape index (κ1) is 32.8. The summed E-state index contributed by atoms with van der Waals surface area (Å²) in [4.78, 5) is 91.0. The second kappa shape index (κ2) is 13.7. The van der Waals surface area contributed by atoms with Gasteiger partial charge in [0.2, 0.25) is 13.2 Å². The molecule has 3 fully saturated rings. The van der Waals surface area contributed by atoms with E-state index in [0.29, 0.717) is 55.3 Å². The largest absolute Gasteiger partial charge is 0.427 e. The monoisotopic (exact) mass is 633 g/mol. The highest BCUT2D eigenvalue weighted by molar-refractivity contribution is 8.00. The van der Waals surface area contributed by atoms with E-state index in [0.717, 1.165) is 0 Å². The molecule has 0 spiro atoms. The quantitative estimate of drug-likeness (QED) is 0.0926. The van der Waals surface area contributed by atoms with Crippen LogP contribution in [-0.2, 0) is 43.0 Å². The van der Waals surface area contributed by atoms with Gasteiger partial charge in [-0.15, -0.1) is 11.8 Å². The summed E-state index contributed by atoms with van der Waals surface area (Å²) in [5, 5.41) is 2.13. The van der Waals surface area contributed by atoms with E-state index in [1.807, 2.05) is 0 Å². The summed E-state index contributed by atoms with van der Waals surface area (Å²) < 4.78 is 10.3. The van der Waals surface area contributed by atoms with Crippen LogP contribution < -0.4 is 11.1 Å². The Morgan fingerprint density at radius 1 is 1.09 bits per heavy atom. The fourth-order valence-corrected chi connectivity index (χ4v) is 7.99. The molecule has 0 radical (unpaired) electrons. The number of aldehydes is 1. The Labute approximate surface area is 257 Å². The van der Waals surface area contributed by atoms with Gasteiger partial charge in [-0.1, -0.05) is 6.08 Å². The normalized spacial score (nSPS) is 30.3. The maximum Gasteiger partial charge on any atom is 0.337 e. The molecule has 4 rings (SSSR count). The Morgan fingerprint density at radius 3 is 2.44 bits per heavy atom. The standard InChI is InChI=1S/C29H35N3O9S2/c1-29(2,3)28(39)41-13-40-27(38)19-17(8-14-4-5-15(9-33)23(14)35)11-43-25-20(19)24(36)22(25)32-26(37)21(31-12-34)16-6-7-18(30)42-10-16/h8-9,12,15-16,18,20,22,25H,4-7,10-11,13,30H2,1-3H3,(H,32,37)/b14-8+,31-21?. The lowest BCUT2D eigenvalue weighted by Gasteiger charge is -2.46. The number of carbonyl (C=O) groups is 7. The van der Waals surface area contributed by atoms with Crippen LogP contribution in [0.25, 0.3) is 0 Å². The molecular formula is C29H35N3O9S2. The molecule has 43 heavy (non-hydrogen) atoms. The number of hydrogen-bond donors (Lipinski definition) is 2. The summed E-state index contributed by atoms with van der Waals surface area (Å²) >= 11 is 2.81. The van der Waals surface area contributed by atoms with Crippen LogP contribution in [0.5, 0.6) is 0 Å². The van der Waals surface area contributed by atoms with Gasteiger partial charge in [0.05, 0.1) is 28.2 Å². The predicted octanol–water partition coefficient (Wildman–Crippen LogP) is 1.30. The number of thioether (sulfide) groups is 2. The first-order chi connectivity index (χ1) is 20.4. The number of nitrogens with zero attached hydrogens (tertiary/aromatic N) is 1. The molecule has 0 aromatic heterocycles. The molecule has 4 aliphatic rings. The lowest BCUT2D eigenvalue weighted by Crippen LogP contribution is -2.66. The number of hydrogen-bond acceptors (Lipinski definition) is 12. The first-order valence-electron chi connectivity index (χ1n) is 14.0. The van der Waals surface area contributed by atoms with Gasteiger partial charge in [0, 0.05) is 22.7 Å². The highest BCUT2D eigenvalue weighted by atomic mass is 32.2. The van der Waals surface area contributed by atoms with Gasteiger partial charge in [-0.05, 0) is 57.6 Å².